The fourth-order valence-electron chi connectivity index (χ4n) is 0. The maximum atomic E-state index is 9.27. The molecule has 0 spiro atoms. The molecule has 4 nitrogen and oxygen atoms in total. The van der Waals surface area contributed by atoms with E-state index >= 15 is 0 Å². The molecule has 7 heavy (non-hydrogen) atoms. The summed E-state index contributed by atoms with van der Waals surface area (Å²) >= 11 is 0. The molecule has 0 aromatic carbocycles. The zero-order valence-corrected chi connectivity index (χ0v) is 6.23. The second kappa shape index (κ2) is 4.21. The molecule has 0 fully saturated rings. The van der Waals surface area contributed by atoms with E-state index < -0.39 is 11.8 Å². The SMILES string of the molecule is [NH-]C(=O)C([NH-])=O.[Y]. The minimum atomic E-state index is -1.46. The Balaban J connectivity index is 0. The van der Waals surface area contributed by atoms with Gasteiger partial charge in [-0.25, -0.2) is 0 Å². The molecule has 0 aromatic rings. The van der Waals surface area contributed by atoms with Gasteiger partial charge in [-0.1, -0.05) is 0 Å². The topological polar surface area (TPSA) is 81.7 Å². The van der Waals surface area contributed by atoms with Crippen LogP contribution in [0.1, 0.15) is 0 Å². The first-order chi connectivity index (χ1) is 2.64. The molecule has 0 aliphatic heterocycles. The molecule has 0 saturated carbocycles. The van der Waals surface area contributed by atoms with E-state index in [1.165, 1.54) is 0 Å². The van der Waals surface area contributed by atoms with Gasteiger partial charge in [0, 0.05) is 32.7 Å². The average Bonchev–Trinajstić information content (AvgIpc) is 1.36. The van der Waals surface area contributed by atoms with Crippen molar-refractivity contribution in [3.05, 3.63) is 11.5 Å². The first-order valence-electron chi connectivity index (χ1n) is 1.16. The summed E-state index contributed by atoms with van der Waals surface area (Å²) in [6.45, 7) is 0. The fourth-order valence-corrected chi connectivity index (χ4v) is 0. The Hall–Kier alpha value is 0.0439. The molecule has 0 heterocycles. The number of amides is 2. The van der Waals surface area contributed by atoms with Gasteiger partial charge < -0.3 is 21.1 Å². The summed E-state index contributed by atoms with van der Waals surface area (Å²) in [7, 11) is 0. The summed E-state index contributed by atoms with van der Waals surface area (Å²) in [5, 5.41) is 0. The Morgan fingerprint density at radius 2 is 1.14 bits per heavy atom. The summed E-state index contributed by atoms with van der Waals surface area (Å²) in [6, 6.07) is 0. The summed E-state index contributed by atoms with van der Waals surface area (Å²) in [5.74, 6) is -2.93. The van der Waals surface area contributed by atoms with E-state index in [9.17, 15) is 9.59 Å². The van der Waals surface area contributed by atoms with Crippen LogP contribution in [-0.2, 0) is 42.3 Å². The van der Waals surface area contributed by atoms with Crippen molar-refractivity contribution in [3.63, 3.8) is 0 Å². The first kappa shape index (κ1) is 10.1. The summed E-state index contributed by atoms with van der Waals surface area (Å²) in [5.41, 5.74) is 11.7. The maximum absolute atomic E-state index is 9.27. The Morgan fingerprint density at radius 1 is 1.00 bits per heavy atom. The maximum Gasteiger partial charge on any atom is 0.0972 e. The van der Waals surface area contributed by atoms with Gasteiger partial charge in [-0.2, -0.15) is 0 Å². The number of rotatable bonds is 0. The Morgan fingerprint density at radius 3 is 1.14 bits per heavy atom. The predicted molar refractivity (Wildman–Crippen MR) is 18.7 cm³/mol. The van der Waals surface area contributed by atoms with Crippen LogP contribution >= 0.6 is 0 Å². The quantitative estimate of drug-likeness (QED) is 0.490. The molecule has 0 rings (SSSR count). The van der Waals surface area contributed by atoms with Crippen molar-refractivity contribution in [2.75, 3.05) is 0 Å². The van der Waals surface area contributed by atoms with Crippen LogP contribution in [-0.4, -0.2) is 11.8 Å². The van der Waals surface area contributed by atoms with Crippen molar-refractivity contribution in [2.45, 2.75) is 0 Å². The van der Waals surface area contributed by atoms with Crippen LogP contribution in [0.4, 0.5) is 0 Å². The standard InChI is InChI=1S/C2H4N2O2.Y/c3-1(5)2(4)6;/h(H4,3,4,5,6);/p-2. The van der Waals surface area contributed by atoms with Gasteiger partial charge in [-0.3, -0.25) is 0 Å². The molecule has 2 amide bonds. The summed E-state index contributed by atoms with van der Waals surface area (Å²) < 4.78 is 0. The normalized spacial score (nSPS) is 6.29. The van der Waals surface area contributed by atoms with Gasteiger partial charge >= 0.3 is 0 Å². The summed E-state index contributed by atoms with van der Waals surface area (Å²) in [4.78, 5) is 18.5. The third-order valence-corrected chi connectivity index (χ3v) is 0.206. The molecule has 0 unspecified atom stereocenters. The zero-order valence-electron chi connectivity index (χ0n) is 3.39. The second-order valence-electron chi connectivity index (χ2n) is 0.658. The molecule has 0 atom stereocenters. The molecule has 37 valence electrons. The molecular weight excluding hydrogens is 173 g/mol. The van der Waals surface area contributed by atoms with Gasteiger partial charge in [0.15, 0.2) is 0 Å². The van der Waals surface area contributed by atoms with Crippen molar-refractivity contribution in [3.8, 4) is 0 Å². The van der Waals surface area contributed by atoms with Crippen molar-refractivity contribution in [1.82, 2.24) is 0 Å². The largest absolute Gasteiger partial charge is 0.662 e. The fraction of sp³-hybridized carbons (Fsp3) is 0. The van der Waals surface area contributed by atoms with Crippen molar-refractivity contribution in [1.29, 1.82) is 0 Å². The third-order valence-electron chi connectivity index (χ3n) is 0.206. The van der Waals surface area contributed by atoms with Gasteiger partial charge in [-0.05, 0) is 0 Å². The van der Waals surface area contributed by atoms with Crippen LogP contribution in [0.25, 0.3) is 11.5 Å². The minimum absolute atomic E-state index is 0. The predicted octanol–water partition coefficient (Wildman–Crippen LogP) is 0.142. The van der Waals surface area contributed by atoms with E-state index in [2.05, 4.69) is 0 Å². The first-order valence-corrected chi connectivity index (χ1v) is 1.16. The third kappa shape index (κ3) is 6.04. The van der Waals surface area contributed by atoms with E-state index in [1.807, 2.05) is 0 Å². The summed E-state index contributed by atoms with van der Waals surface area (Å²) in [6.07, 6.45) is 0. The van der Waals surface area contributed by atoms with E-state index in [0.29, 0.717) is 0 Å². The van der Waals surface area contributed by atoms with Crippen LogP contribution in [0.3, 0.4) is 0 Å². The molecule has 1 radical (unpaired) electrons. The van der Waals surface area contributed by atoms with Crippen LogP contribution in [0.5, 0.6) is 0 Å². The van der Waals surface area contributed by atoms with E-state index in [-0.39, 0.29) is 32.7 Å². The van der Waals surface area contributed by atoms with Crippen LogP contribution < -0.4 is 0 Å². The van der Waals surface area contributed by atoms with E-state index in [4.69, 9.17) is 11.5 Å². The van der Waals surface area contributed by atoms with Gasteiger partial charge in [0.05, 0.1) is 11.8 Å². The number of carbonyl (C=O) groups is 2. The second-order valence-corrected chi connectivity index (χ2v) is 0.658. The van der Waals surface area contributed by atoms with Gasteiger partial charge in [0.1, 0.15) is 0 Å². The van der Waals surface area contributed by atoms with Crippen molar-refractivity contribution in [2.24, 2.45) is 0 Å². The van der Waals surface area contributed by atoms with Gasteiger partial charge in [-0.15, -0.1) is 0 Å². The van der Waals surface area contributed by atoms with E-state index in [1.54, 1.807) is 0 Å². The molecule has 0 aliphatic rings. The molecule has 0 aromatic heterocycles. The molecule has 2 N–H and O–H groups in total. The molecule has 5 heteroatoms. The van der Waals surface area contributed by atoms with Crippen molar-refractivity contribution >= 4 is 11.8 Å². The smallest absolute Gasteiger partial charge is 0.0972 e. The number of hydrogen-bond acceptors (Lipinski definition) is 2. The van der Waals surface area contributed by atoms with E-state index in [0.717, 1.165) is 0 Å². The van der Waals surface area contributed by atoms with Crippen LogP contribution in [0.15, 0.2) is 0 Å². The molecule has 0 saturated heterocycles. The number of hydrogen-bond donors (Lipinski definition) is 0. The molecule has 0 aliphatic carbocycles. The average molecular weight is 175 g/mol. The van der Waals surface area contributed by atoms with Crippen molar-refractivity contribution < 1.29 is 42.3 Å². The van der Waals surface area contributed by atoms with Crippen LogP contribution in [0.2, 0.25) is 0 Å². The Labute approximate surface area is 65.5 Å². The Kier molecular flexibility index (Phi) is 6.08. The van der Waals surface area contributed by atoms with Gasteiger partial charge in [0.2, 0.25) is 0 Å². The monoisotopic (exact) mass is 175 g/mol. The van der Waals surface area contributed by atoms with Gasteiger partial charge in [0.25, 0.3) is 0 Å². The number of nitrogens with one attached hydrogen (secondary N) is 2. The Bertz CT molecular complexity index is 79.7. The molecule has 0 bridgehead atoms. The zero-order chi connectivity index (χ0) is 5.15. The minimum Gasteiger partial charge on any atom is -0.662 e. The molecular formula is C2H2N2O2Y-2. The van der Waals surface area contributed by atoms with Crippen LogP contribution in [0, 0.1) is 0 Å². The number of carbonyl (C=O) groups excluding carboxylic acids is 2.